The summed E-state index contributed by atoms with van der Waals surface area (Å²) in [5.41, 5.74) is 1.87. The number of benzene rings is 1. The fraction of sp³-hybridized carbons (Fsp3) is 0.478. The number of alkyl halides is 2. The van der Waals surface area contributed by atoms with Crippen molar-refractivity contribution in [2.75, 3.05) is 24.6 Å². The lowest BCUT2D eigenvalue weighted by Gasteiger charge is -2.20. The summed E-state index contributed by atoms with van der Waals surface area (Å²) in [4.78, 5) is 17.8. The molecule has 3 rings (SSSR count). The largest absolute Gasteiger partial charge is 0.489 e. The number of ketones is 1. The lowest BCUT2D eigenvalue weighted by Crippen LogP contribution is -2.24. The smallest absolute Gasteiger partial charge is 0.272 e. The van der Waals surface area contributed by atoms with E-state index in [0.717, 1.165) is 30.0 Å². The molecule has 1 saturated heterocycles. The molecule has 1 aromatic heterocycles. The Hall–Kier alpha value is -2.74. The highest BCUT2D eigenvalue weighted by molar-refractivity contribution is 5.83. The number of aliphatic hydroxyl groups excluding tert-OH is 1. The number of carbonyl (C=O) groups is 1. The summed E-state index contributed by atoms with van der Waals surface area (Å²) >= 11 is 0. The third-order valence-electron chi connectivity index (χ3n) is 5.31. The van der Waals surface area contributed by atoms with Crippen LogP contribution >= 0.6 is 0 Å². The fourth-order valence-corrected chi connectivity index (χ4v) is 3.54. The molecule has 1 aliphatic rings. The van der Waals surface area contributed by atoms with E-state index in [4.69, 9.17) is 9.47 Å². The molecule has 0 spiro atoms. The van der Waals surface area contributed by atoms with E-state index in [1.54, 1.807) is 12.3 Å². The van der Waals surface area contributed by atoms with Crippen molar-refractivity contribution in [2.45, 2.75) is 51.2 Å². The molecule has 1 N–H and O–H groups in total. The summed E-state index contributed by atoms with van der Waals surface area (Å²) in [7, 11) is 0. The van der Waals surface area contributed by atoms with Crippen molar-refractivity contribution < 1.29 is 28.2 Å². The zero-order chi connectivity index (χ0) is 22.4. The molecule has 0 radical (unpaired) electrons. The summed E-state index contributed by atoms with van der Waals surface area (Å²) in [5.74, 6) is 0.783. The lowest BCUT2D eigenvalue weighted by atomic mass is 9.94. The summed E-state index contributed by atoms with van der Waals surface area (Å²) < 4.78 is 35.8. The minimum atomic E-state index is -2.54. The number of hydrogen-bond acceptors (Lipinski definition) is 6. The number of nitrogens with zero attached hydrogens (tertiary/aromatic N) is 2. The second kappa shape index (κ2) is 10.5. The first-order valence-electron chi connectivity index (χ1n) is 10.4. The maximum absolute atomic E-state index is 12.3. The van der Waals surface area contributed by atoms with Crippen molar-refractivity contribution in [3.63, 3.8) is 0 Å². The van der Waals surface area contributed by atoms with Crippen LogP contribution < -0.4 is 14.4 Å². The van der Waals surface area contributed by atoms with Gasteiger partial charge < -0.3 is 19.5 Å². The van der Waals surface area contributed by atoms with E-state index in [-0.39, 0.29) is 23.7 Å². The quantitative estimate of drug-likeness (QED) is 0.613. The molecule has 6 nitrogen and oxygen atoms in total. The van der Waals surface area contributed by atoms with Gasteiger partial charge in [-0.3, -0.25) is 4.79 Å². The number of carbonyl (C=O) groups excluding carboxylic acids is 1. The van der Waals surface area contributed by atoms with Gasteiger partial charge in [0.1, 0.15) is 18.0 Å². The van der Waals surface area contributed by atoms with Crippen molar-refractivity contribution in [3.05, 3.63) is 48.2 Å². The molecule has 0 saturated carbocycles. The van der Waals surface area contributed by atoms with Gasteiger partial charge in [0, 0.05) is 37.3 Å². The van der Waals surface area contributed by atoms with Gasteiger partial charge in [-0.25, -0.2) is 13.8 Å². The number of anilines is 1. The lowest BCUT2D eigenvalue weighted by molar-refractivity contribution is -0.126. The van der Waals surface area contributed by atoms with E-state index in [1.807, 2.05) is 37.3 Å². The normalized spacial score (nSPS) is 18.1. The van der Waals surface area contributed by atoms with Gasteiger partial charge in [-0.05, 0) is 36.6 Å². The van der Waals surface area contributed by atoms with Gasteiger partial charge in [0.2, 0.25) is 5.88 Å². The molecule has 31 heavy (non-hydrogen) atoms. The van der Waals surface area contributed by atoms with E-state index < -0.39 is 19.1 Å². The van der Waals surface area contributed by atoms with Crippen LogP contribution in [0.2, 0.25) is 0 Å². The molecule has 2 aromatic rings. The number of pyridine rings is 1. The van der Waals surface area contributed by atoms with Crippen LogP contribution in [-0.4, -0.2) is 54.2 Å². The zero-order valence-corrected chi connectivity index (χ0v) is 17.7. The predicted molar refractivity (Wildman–Crippen MR) is 113 cm³/mol. The monoisotopic (exact) mass is 434 g/mol. The molecule has 1 aromatic carbocycles. The molecule has 8 heteroatoms. The summed E-state index contributed by atoms with van der Waals surface area (Å²) in [6, 6.07) is 11.2. The van der Waals surface area contributed by atoms with Crippen LogP contribution in [0.25, 0.3) is 0 Å². The summed E-state index contributed by atoms with van der Waals surface area (Å²) in [5, 5.41) is 9.37. The average Bonchev–Trinajstić information content (AvgIpc) is 3.21. The minimum Gasteiger partial charge on any atom is -0.489 e. The van der Waals surface area contributed by atoms with E-state index in [9.17, 15) is 18.7 Å². The van der Waals surface area contributed by atoms with Crippen LogP contribution in [0, 0.1) is 0 Å². The van der Waals surface area contributed by atoms with Gasteiger partial charge >= 0.3 is 0 Å². The maximum Gasteiger partial charge on any atom is 0.272 e. The second-order valence-corrected chi connectivity index (χ2v) is 7.85. The molecule has 1 fully saturated rings. The maximum atomic E-state index is 12.3. The standard InChI is InChI=1S/C23H28F2N2O4/c1-15(11-21(29)16(2)28)17-3-5-19(6-4-17)31-20-8-10-27(13-20)18-7-9-26-23(12-18)30-14-22(24)25/h3-7,9,12,15-16,20,22,28H,8,10-11,13-14H2,1-2H3/t15-,16-,20?/m1/s1. The van der Waals surface area contributed by atoms with Gasteiger partial charge in [-0.15, -0.1) is 0 Å². The highest BCUT2D eigenvalue weighted by Crippen LogP contribution is 2.27. The van der Waals surface area contributed by atoms with Crippen molar-refractivity contribution in [1.82, 2.24) is 4.98 Å². The number of aromatic nitrogens is 1. The Morgan fingerprint density at radius 2 is 2.00 bits per heavy atom. The highest BCUT2D eigenvalue weighted by Gasteiger charge is 2.25. The predicted octanol–water partition coefficient (Wildman–Crippen LogP) is 3.83. The molecular formula is C23H28F2N2O4. The first-order chi connectivity index (χ1) is 14.8. The summed E-state index contributed by atoms with van der Waals surface area (Å²) in [6.45, 7) is 4.21. The van der Waals surface area contributed by atoms with Crippen molar-refractivity contribution in [3.8, 4) is 11.6 Å². The highest BCUT2D eigenvalue weighted by atomic mass is 19.3. The average molecular weight is 434 g/mol. The molecule has 3 atom stereocenters. The molecule has 0 bridgehead atoms. The molecule has 0 amide bonds. The van der Waals surface area contributed by atoms with Crippen LogP contribution in [0.4, 0.5) is 14.5 Å². The molecule has 0 aliphatic carbocycles. The van der Waals surface area contributed by atoms with Gasteiger partial charge in [0.25, 0.3) is 6.43 Å². The topological polar surface area (TPSA) is 71.9 Å². The first-order valence-corrected chi connectivity index (χ1v) is 10.4. The number of halogens is 2. The Morgan fingerprint density at radius 3 is 2.68 bits per heavy atom. The Bertz CT molecular complexity index is 861. The number of ether oxygens (including phenoxy) is 2. The Kier molecular flexibility index (Phi) is 7.79. The van der Waals surface area contributed by atoms with E-state index >= 15 is 0 Å². The van der Waals surface area contributed by atoms with Gasteiger partial charge in [-0.1, -0.05) is 19.1 Å². The molecule has 2 heterocycles. The van der Waals surface area contributed by atoms with Crippen LogP contribution in [0.1, 0.15) is 38.2 Å². The Morgan fingerprint density at radius 1 is 1.26 bits per heavy atom. The zero-order valence-electron chi connectivity index (χ0n) is 17.7. The third kappa shape index (κ3) is 6.62. The van der Waals surface area contributed by atoms with Crippen LogP contribution in [0.15, 0.2) is 42.6 Å². The van der Waals surface area contributed by atoms with Crippen molar-refractivity contribution in [1.29, 1.82) is 0 Å². The van der Waals surface area contributed by atoms with E-state index in [1.165, 1.54) is 6.92 Å². The number of Topliss-reactive ketones (excluding diaryl/α,β-unsaturated/α-hetero) is 1. The molecule has 1 aliphatic heterocycles. The SMILES string of the molecule is C[C@H](CC(=O)[C@@H](C)O)c1ccc(OC2CCN(c3ccnc(OCC(F)F)c3)C2)cc1. The number of rotatable bonds is 10. The minimum absolute atomic E-state index is 0.00122. The van der Waals surface area contributed by atoms with Crippen LogP contribution in [0.3, 0.4) is 0 Å². The van der Waals surface area contributed by atoms with E-state index in [2.05, 4.69) is 9.88 Å². The van der Waals surface area contributed by atoms with Crippen LogP contribution in [0.5, 0.6) is 11.6 Å². The summed E-state index contributed by atoms with van der Waals surface area (Å²) in [6.07, 6.45) is -0.808. The second-order valence-electron chi connectivity index (χ2n) is 7.85. The van der Waals surface area contributed by atoms with Gasteiger partial charge in [-0.2, -0.15) is 0 Å². The first kappa shape index (κ1) is 22.9. The molecular weight excluding hydrogens is 406 g/mol. The molecule has 168 valence electrons. The number of hydrogen-bond donors (Lipinski definition) is 1. The van der Waals surface area contributed by atoms with Crippen LogP contribution in [-0.2, 0) is 4.79 Å². The van der Waals surface area contributed by atoms with E-state index in [0.29, 0.717) is 13.0 Å². The van der Waals surface area contributed by atoms with Crippen molar-refractivity contribution >= 4 is 11.5 Å². The fourth-order valence-electron chi connectivity index (χ4n) is 3.54. The number of aliphatic hydroxyl groups is 1. The Labute approximate surface area is 180 Å². The van der Waals surface area contributed by atoms with Gasteiger partial charge in [0.15, 0.2) is 12.4 Å². The third-order valence-corrected chi connectivity index (χ3v) is 5.31. The van der Waals surface area contributed by atoms with Crippen molar-refractivity contribution in [2.24, 2.45) is 0 Å². The van der Waals surface area contributed by atoms with Gasteiger partial charge in [0.05, 0.1) is 6.54 Å². The Balaban J connectivity index is 1.53. The molecule has 1 unspecified atom stereocenters.